The molecule has 3 rings (SSSR count). The molecule has 0 amide bonds. The summed E-state index contributed by atoms with van der Waals surface area (Å²) in [5, 5.41) is 1.94. The van der Waals surface area contributed by atoms with Gasteiger partial charge >= 0.3 is 0 Å². The van der Waals surface area contributed by atoms with E-state index < -0.39 is 0 Å². The van der Waals surface area contributed by atoms with Crippen molar-refractivity contribution in [2.45, 2.75) is 0 Å². The summed E-state index contributed by atoms with van der Waals surface area (Å²) in [6, 6.07) is 21.8. The van der Waals surface area contributed by atoms with E-state index in [0.29, 0.717) is 26.7 Å². The van der Waals surface area contributed by atoms with Gasteiger partial charge in [0.15, 0.2) is 0 Å². The number of halogens is 3. The maximum atomic E-state index is 6.31. The van der Waals surface area contributed by atoms with Crippen LogP contribution in [-0.4, -0.2) is 5.96 Å². The summed E-state index contributed by atoms with van der Waals surface area (Å²) in [7, 11) is 0. The van der Waals surface area contributed by atoms with E-state index in [1.54, 1.807) is 48.5 Å². The molecule has 0 saturated carbocycles. The van der Waals surface area contributed by atoms with Gasteiger partial charge in [0.05, 0.1) is 5.69 Å². The Morgan fingerprint density at radius 1 is 0.640 bits per heavy atom. The molecule has 3 nitrogen and oxygen atoms in total. The molecule has 0 radical (unpaired) electrons. The first-order valence-corrected chi connectivity index (χ1v) is 8.57. The molecule has 0 aliphatic carbocycles. The van der Waals surface area contributed by atoms with Gasteiger partial charge in [-0.2, -0.15) is 0 Å². The zero-order valence-corrected chi connectivity index (χ0v) is 15.3. The minimum atomic E-state index is 0.312. The molecule has 25 heavy (non-hydrogen) atoms. The van der Waals surface area contributed by atoms with Gasteiger partial charge in [0.25, 0.3) is 0 Å². The average molecular weight is 391 g/mol. The molecule has 6 heteroatoms. The van der Waals surface area contributed by atoms with Gasteiger partial charge in [-0.3, -0.25) is 4.90 Å². The largest absolute Gasteiger partial charge is 0.369 e. The first-order chi connectivity index (χ1) is 12.0. The van der Waals surface area contributed by atoms with Crippen LogP contribution in [-0.2, 0) is 0 Å². The van der Waals surface area contributed by atoms with Crippen LogP contribution in [0.1, 0.15) is 0 Å². The molecule has 3 aromatic rings. The third kappa shape index (κ3) is 4.45. The van der Waals surface area contributed by atoms with Crippen LogP contribution in [0, 0.1) is 0 Å². The van der Waals surface area contributed by atoms with E-state index in [1.807, 2.05) is 29.2 Å². The fraction of sp³-hybridized carbons (Fsp3) is 0. The highest BCUT2D eigenvalue weighted by Crippen LogP contribution is 2.28. The van der Waals surface area contributed by atoms with Crippen molar-refractivity contribution >= 4 is 57.8 Å². The van der Waals surface area contributed by atoms with Crippen LogP contribution < -0.4 is 10.6 Å². The van der Waals surface area contributed by atoms with Crippen LogP contribution in [0.25, 0.3) is 0 Å². The molecule has 0 aliphatic heterocycles. The second-order valence-electron chi connectivity index (χ2n) is 5.23. The topological polar surface area (TPSA) is 41.6 Å². The predicted octanol–water partition coefficient (Wildman–Crippen LogP) is 6.43. The van der Waals surface area contributed by atoms with Crippen molar-refractivity contribution in [1.82, 2.24) is 0 Å². The molecule has 2 N–H and O–H groups in total. The smallest absolute Gasteiger partial charge is 0.205 e. The van der Waals surface area contributed by atoms with Crippen molar-refractivity contribution in [3.63, 3.8) is 0 Å². The highest BCUT2D eigenvalue weighted by Gasteiger charge is 2.14. The van der Waals surface area contributed by atoms with Gasteiger partial charge in [-0.1, -0.05) is 34.8 Å². The lowest BCUT2D eigenvalue weighted by molar-refractivity contribution is 1.28. The Bertz CT molecular complexity index is 828. The van der Waals surface area contributed by atoms with Crippen LogP contribution in [0.2, 0.25) is 15.1 Å². The predicted molar refractivity (Wildman–Crippen MR) is 108 cm³/mol. The highest BCUT2D eigenvalue weighted by atomic mass is 35.5. The summed E-state index contributed by atoms with van der Waals surface area (Å²) in [4.78, 5) is 6.31. The molecular weight excluding hydrogens is 377 g/mol. The number of hydrogen-bond donors (Lipinski definition) is 1. The van der Waals surface area contributed by atoms with Gasteiger partial charge in [0.1, 0.15) is 0 Å². The summed E-state index contributed by atoms with van der Waals surface area (Å²) in [6.45, 7) is 0. The molecule has 0 saturated heterocycles. The Hall–Kier alpha value is -2.20. The summed E-state index contributed by atoms with van der Waals surface area (Å²) in [6.07, 6.45) is 0. The Balaban J connectivity index is 2.04. The summed E-state index contributed by atoms with van der Waals surface area (Å²) in [5.41, 5.74) is 8.68. The van der Waals surface area contributed by atoms with Crippen molar-refractivity contribution in [2.24, 2.45) is 10.7 Å². The monoisotopic (exact) mass is 389 g/mol. The van der Waals surface area contributed by atoms with Crippen LogP contribution in [0.3, 0.4) is 0 Å². The maximum absolute atomic E-state index is 6.31. The van der Waals surface area contributed by atoms with E-state index in [2.05, 4.69) is 4.99 Å². The molecule has 0 fully saturated rings. The van der Waals surface area contributed by atoms with Crippen LogP contribution in [0.15, 0.2) is 77.8 Å². The summed E-state index contributed by atoms with van der Waals surface area (Å²) in [5.74, 6) is 0.312. The van der Waals surface area contributed by atoms with Crippen molar-refractivity contribution in [3.8, 4) is 0 Å². The first-order valence-electron chi connectivity index (χ1n) is 7.44. The minimum Gasteiger partial charge on any atom is -0.369 e. The van der Waals surface area contributed by atoms with Crippen LogP contribution in [0.4, 0.5) is 17.1 Å². The normalized spacial score (nSPS) is 11.4. The molecule has 126 valence electrons. The number of rotatable bonds is 3. The zero-order chi connectivity index (χ0) is 17.8. The number of aliphatic imine (C=N–C) groups is 1. The lowest BCUT2D eigenvalue weighted by Crippen LogP contribution is -2.33. The van der Waals surface area contributed by atoms with E-state index in [0.717, 1.165) is 11.4 Å². The third-order valence-electron chi connectivity index (χ3n) is 3.47. The van der Waals surface area contributed by atoms with Gasteiger partial charge in [-0.05, 0) is 72.8 Å². The van der Waals surface area contributed by atoms with E-state index in [4.69, 9.17) is 40.5 Å². The fourth-order valence-corrected chi connectivity index (χ4v) is 2.67. The SMILES string of the molecule is NC(=Nc1ccc(Cl)cc1)N(c1ccc(Cl)cc1)c1ccc(Cl)cc1. The first kappa shape index (κ1) is 17.6. The van der Waals surface area contributed by atoms with Crippen molar-refractivity contribution < 1.29 is 0 Å². The minimum absolute atomic E-state index is 0.312. The third-order valence-corrected chi connectivity index (χ3v) is 4.22. The highest BCUT2D eigenvalue weighted by molar-refractivity contribution is 6.31. The number of anilines is 2. The van der Waals surface area contributed by atoms with E-state index >= 15 is 0 Å². The Morgan fingerprint density at radius 2 is 1.00 bits per heavy atom. The Kier molecular flexibility index (Phi) is 5.49. The standard InChI is InChI=1S/C19H14Cl3N3/c20-13-1-7-16(8-2-13)24-19(23)25(17-9-3-14(21)4-10-17)18-11-5-15(22)6-12-18/h1-12H,(H2,23,24). The van der Waals surface area contributed by atoms with Crippen LogP contribution in [0.5, 0.6) is 0 Å². The summed E-state index contributed by atoms with van der Waals surface area (Å²) >= 11 is 17.9. The second-order valence-corrected chi connectivity index (χ2v) is 6.54. The number of benzene rings is 3. The fourth-order valence-electron chi connectivity index (χ4n) is 2.29. The van der Waals surface area contributed by atoms with Crippen LogP contribution >= 0.6 is 34.8 Å². The number of nitrogens with two attached hydrogens (primary N) is 1. The average Bonchev–Trinajstić information content (AvgIpc) is 2.60. The number of nitrogens with zero attached hydrogens (tertiary/aromatic N) is 2. The molecule has 3 aromatic carbocycles. The van der Waals surface area contributed by atoms with Gasteiger partial charge in [0.2, 0.25) is 5.96 Å². The molecule has 0 aromatic heterocycles. The van der Waals surface area contributed by atoms with E-state index in [-0.39, 0.29) is 0 Å². The van der Waals surface area contributed by atoms with Crippen molar-refractivity contribution in [2.75, 3.05) is 4.90 Å². The Morgan fingerprint density at radius 3 is 1.40 bits per heavy atom. The van der Waals surface area contributed by atoms with Gasteiger partial charge in [-0.15, -0.1) is 0 Å². The Labute approximate surface area is 161 Å². The summed E-state index contributed by atoms with van der Waals surface area (Å²) < 4.78 is 0. The number of hydrogen-bond acceptors (Lipinski definition) is 1. The van der Waals surface area contributed by atoms with Crippen molar-refractivity contribution in [3.05, 3.63) is 87.9 Å². The molecule has 0 heterocycles. The number of guanidine groups is 1. The molecule has 0 aliphatic rings. The molecule has 0 atom stereocenters. The quantitative estimate of drug-likeness (QED) is 0.413. The molecular formula is C19H14Cl3N3. The maximum Gasteiger partial charge on any atom is 0.205 e. The lowest BCUT2D eigenvalue weighted by atomic mass is 10.2. The molecule has 0 bridgehead atoms. The second kappa shape index (κ2) is 7.79. The lowest BCUT2D eigenvalue weighted by Gasteiger charge is -2.24. The zero-order valence-electron chi connectivity index (χ0n) is 13.0. The van der Waals surface area contributed by atoms with E-state index in [9.17, 15) is 0 Å². The van der Waals surface area contributed by atoms with Crippen molar-refractivity contribution in [1.29, 1.82) is 0 Å². The van der Waals surface area contributed by atoms with Gasteiger partial charge < -0.3 is 5.73 Å². The van der Waals surface area contributed by atoms with E-state index in [1.165, 1.54) is 0 Å². The van der Waals surface area contributed by atoms with Gasteiger partial charge in [-0.25, -0.2) is 4.99 Å². The molecule has 0 spiro atoms. The van der Waals surface area contributed by atoms with Gasteiger partial charge in [0, 0.05) is 26.4 Å². The molecule has 0 unspecified atom stereocenters.